The maximum Gasteiger partial charge on any atom is 0.174 e. The molecular formula is C32H26Cl2N4OS. The Morgan fingerprint density at radius 3 is 2.30 bits per heavy atom. The van der Waals surface area contributed by atoms with Crippen molar-refractivity contribution >= 4 is 46.2 Å². The van der Waals surface area contributed by atoms with Gasteiger partial charge in [0.15, 0.2) is 5.11 Å². The standard InChI is InChI=1S/C32H26Cl2N4OS/c1-20-19-25(21(2)37(20)28-13-8-11-26(33)29(28)34)31-30(27-12-6-7-18-35-27)36-32(40)38(31)22-14-16-24(17-15-22)39-23-9-4-3-5-10-23/h3-19,30-31H,1-2H3,(H,36,40). The van der Waals surface area contributed by atoms with E-state index in [0.29, 0.717) is 15.2 Å². The Morgan fingerprint density at radius 1 is 0.850 bits per heavy atom. The highest BCUT2D eigenvalue weighted by atomic mass is 35.5. The summed E-state index contributed by atoms with van der Waals surface area (Å²) in [7, 11) is 0. The number of nitrogens with one attached hydrogen (secondary N) is 1. The third kappa shape index (κ3) is 4.83. The molecule has 8 heteroatoms. The second kappa shape index (κ2) is 11.0. The lowest BCUT2D eigenvalue weighted by molar-refractivity contribution is 0.482. The summed E-state index contributed by atoms with van der Waals surface area (Å²) >= 11 is 19.0. The predicted molar refractivity (Wildman–Crippen MR) is 166 cm³/mol. The number of para-hydroxylation sites is 1. The van der Waals surface area contributed by atoms with E-state index < -0.39 is 0 Å². The fourth-order valence-electron chi connectivity index (χ4n) is 5.37. The zero-order valence-corrected chi connectivity index (χ0v) is 24.2. The van der Waals surface area contributed by atoms with Crippen LogP contribution < -0.4 is 15.0 Å². The number of hydrogen-bond donors (Lipinski definition) is 1. The van der Waals surface area contributed by atoms with Gasteiger partial charge in [0, 0.05) is 23.3 Å². The Morgan fingerprint density at radius 2 is 1.57 bits per heavy atom. The van der Waals surface area contributed by atoms with Crippen LogP contribution in [0.15, 0.2) is 103 Å². The minimum Gasteiger partial charge on any atom is -0.457 e. The van der Waals surface area contributed by atoms with Crippen LogP contribution in [-0.4, -0.2) is 14.7 Å². The molecule has 2 atom stereocenters. The van der Waals surface area contributed by atoms with Crippen molar-refractivity contribution in [3.8, 4) is 17.2 Å². The largest absolute Gasteiger partial charge is 0.457 e. The fraction of sp³-hybridized carbons (Fsp3) is 0.125. The summed E-state index contributed by atoms with van der Waals surface area (Å²) in [4.78, 5) is 6.85. The molecule has 40 heavy (non-hydrogen) atoms. The van der Waals surface area contributed by atoms with Crippen LogP contribution in [0.5, 0.6) is 11.5 Å². The van der Waals surface area contributed by atoms with Crippen molar-refractivity contribution in [3.05, 3.63) is 136 Å². The van der Waals surface area contributed by atoms with E-state index in [2.05, 4.69) is 39.7 Å². The van der Waals surface area contributed by atoms with Gasteiger partial charge in [0.25, 0.3) is 0 Å². The molecule has 0 spiro atoms. The summed E-state index contributed by atoms with van der Waals surface area (Å²) in [5.74, 6) is 1.54. The van der Waals surface area contributed by atoms with Gasteiger partial charge in [-0.15, -0.1) is 0 Å². The van der Waals surface area contributed by atoms with Gasteiger partial charge >= 0.3 is 0 Å². The maximum absolute atomic E-state index is 6.67. The van der Waals surface area contributed by atoms with E-state index >= 15 is 0 Å². The molecule has 1 N–H and O–H groups in total. The second-order valence-electron chi connectivity index (χ2n) is 9.64. The first-order valence-corrected chi connectivity index (χ1v) is 14.1. The number of aryl methyl sites for hydroxylation is 1. The van der Waals surface area contributed by atoms with E-state index in [1.54, 1.807) is 6.07 Å². The topological polar surface area (TPSA) is 42.3 Å². The molecule has 0 amide bonds. The van der Waals surface area contributed by atoms with Crippen LogP contribution in [0.2, 0.25) is 10.0 Å². The van der Waals surface area contributed by atoms with Crippen LogP contribution in [0.1, 0.15) is 34.7 Å². The quantitative estimate of drug-likeness (QED) is 0.202. The zero-order chi connectivity index (χ0) is 27.8. The smallest absolute Gasteiger partial charge is 0.174 e. The number of anilines is 1. The minimum atomic E-state index is -0.169. The van der Waals surface area contributed by atoms with Gasteiger partial charge in [0.1, 0.15) is 11.5 Å². The van der Waals surface area contributed by atoms with Crippen molar-refractivity contribution in [1.29, 1.82) is 0 Å². The Hall–Kier alpha value is -3.84. The summed E-state index contributed by atoms with van der Waals surface area (Å²) in [5, 5.41) is 5.21. The van der Waals surface area contributed by atoms with Gasteiger partial charge in [0.2, 0.25) is 0 Å². The van der Waals surface area contributed by atoms with Crippen molar-refractivity contribution < 1.29 is 4.74 Å². The zero-order valence-electron chi connectivity index (χ0n) is 21.9. The van der Waals surface area contributed by atoms with Gasteiger partial charge < -0.3 is 19.5 Å². The molecular weight excluding hydrogens is 559 g/mol. The molecule has 1 fully saturated rings. The maximum atomic E-state index is 6.67. The molecule has 200 valence electrons. The van der Waals surface area contributed by atoms with Gasteiger partial charge in [-0.2, -0.15) is 0 Å². The Kier molecular flexibility index (Phi) is 7.24. The molecule has 0 aliphatic carbocycles. The summed E-state index contributed by atoms with van der Waals surface area (Å²) in [6.45, 7) is 4.18. The van der Waals surface area contributed by atoms with E-state index in [4.69, 9.17) is 40.2 Å². The van der Waals surface area contributed by atoms with Gasteiger partial charge in [-0.05, 0) is 98.4 Å². The van der Waals surface area contributed by atoms with Crippen molar-refractivity contribution in [2.24, 2.45) is 0 Å². The lowest BCUT2D eigenvalue weighted by Crippen LogP contribution is -2.29. The molecule has 1 saturated heterocycles. The normalized spacial score (nSPS) is 16.7. The molecule has 3 heterocycles. The summed E-state index contributed by atoms with van der Waals surface area (Å²) < 4.78 is 8.18. The highest BCUT2D eigenvalue weighted by molar-refractivity contribution is 7.80. The summed E-state index contributed by atoms with van der Waals surface area (Å²) in [5.41, 5.74) is 5.90. The van der Waals surface area contributed by atoms with Crippen LogP contribution in [0.3, 0.4) is 0 Å². The SMILES string of the molecule is Cc1cc(C2C(c3ccccn3)NC(=S)N2c2ccc(Oc3ccccc3)cc2)c(C)n1-c1cccc(Cl)c1Cl. The number of aromatic nitrogens is 2. The first-order chi connectivity index (χ1) is 19.4. The van der Waals surface area contributed by atoms with Crippen molar-refractivity contribution in [2.75, 3.05) is 4.90 Å². The van der Waals surface area contributed by atoms with E-state index in [1.807, 2.05) is 91.1 Å². The first kappa shape index (κ1) is 26.4. The molecule has 0 bridgehead atoms. The highest BCUT2D eigenvalue weighted by Crippen LogP contribution is 2.44. The monoisotopic (exact) mass is 584 g/mol. The highest BCUT2D eigenvalue weighted by Gasteiger charge is 2.42. The fourth-order valence-corrected chi connectivity index (χ4v) is 6.10. The molecule has 5 nitrogen and oxygen atoms in total. The number of pyridine rings is 1. The average molecular weight is 586 g/mol. The minimum absolute atomic E-state index is 0.166. The van der Waals surface area contributed by atoms with Crippen molar-refractivity contribution in [1.82, 2.24) is 14.9 Å². The molecule has 6 rings (SSSR count). The number of ether oxygens (including phenoxy) is 1. The average Bonchev–Trinajstić information content (AvgIpc) is 3.46. The van der Waals surface area contributed by atoms with E-state index in [9.17, 15) is 0 Å². The summed E-state index contributed by atoms with van der Waals surface area (Å²) in [6, 6.07) is 31.2. The number of hydrogen-bond acceptors (Lipinski definition) is 3. The van der Waals surface area contributed by atoms with Gasteiger partial charge in [-0.25, -0.2) is 0 Å². The third-order valence-electron chi connectivity index (χ3n) is 7.15. The van der Waals surface area contributed by atoms with Crippen LogP contribution in [0, 0.1) is 13.8 Å². The lowest BCUT2D eigenvalue weighted by Gasteiger charge is -2.28. The molecule has 1 aliphatic heterocycles. The molecule has 0 radical (unpaired) electrons. The molecule has 2 aromatic heterocycles. The van der Waals surface area contributed by atoms with Crippen LogP contribution in [0.25, 0.3) is 5.69 Å². The van der Waals surface area contributed by atoms with Gasteiger partial charge in [-0.3, -0.25) is 4.98 Å². The molecule has 5 aromatic rings. The van der Waals surface area contributed by atoms with Crippen LogP contribution in [0.4, 0.5) is 5.69 Å². The van der Waals surface area contributed by atoms with E-state index in [1.165, 1.54) is 0 Å². The molecule has 0 saturated carbocycles. The Bertz CT molecular complexity index is 1670. The second-order valence-corrected chi connectivity index (χ2v) is 10.8. The van der Waals surface area contributed by atoms with Crippen molar-refractivity contribution in [3.63, 3.8) is 0 Å². The third-order valence-corrected chi connectivity index (χ3v) is 8.28. The van der Waals surface area contributed by atoms with Crippen LogP contribution >= 0.6 is 35.4 Å². The number of benzene rings is 3. The van der Waals surface area contributed by atoms with Gasteiger partial charge in [-0.1, -0.05) is 53.5 Å². The number of halogens is 2. The molecule has 1 aliphatic rings. The summed E-state index contributed by atoms with van der Waals surface area (Å²) in [6.07, 6.45) is 1.81. The van der Waals surface area contributed by atoms with E-state index in [-0.39, 0.29) is 12.1 Å². The number of rotatable bonds is 6. The Balaban J connectivity index is 1.44. The van der Waals surface area contributed by atoms with Crippen LogP contribution in [-0.2, 0) is 0 Å². The first-order valence-electron chi connectivity index (χ1n) is 12.9. The molecule has 3 aromatic carbocycles. The predicted octanol–water partition coefficient (Wildman–Crippen LogP) is 8.77. The molecule has 2 unspecified atom stereocenters. The number of nitrogens with zero attached hydrogens (tertiary/aromatic N) is 3. The number of thiocarbonyl (C=S) groups is 1. The van der Waals surface area contributed by atoms with E-state index in [0.717, 1.165) is 45.5 Å². The Labute approximate surface area is 249 Å². The van der Waals surface area contributed by atoms with Gasteiger partial charge in [0.05, 0.1) is 33.5 Å². The lowest BCUT2D eigenvalue weighted by atomic mass is 9.96. The van der Waals surface area contributed by atoms with Crippen molar-refractivity contribution in [2.45, 2.75) is 25.9 Å².